The van der Waals surface area contributed by atoms with Crippen LogP contribution in [0.3, 0.4) is 0 Å². The number of alkyl halides is 3. The zero-order chi connectivity index (χ0) is 14.9. The van der Waals surface area contributed by atoms with Crippen molar-refractivity contribution in [3.05, 3.63) is 64.7 Å². The smallest absolute Gasteiger partial charge is 0.384 e. The number of aliphatic hydroxyl groups is 1. The summed E-state index contributed by atoms with van der Waals surface area (Å²) in [4.78, 5) is 3.60. The summed E-state index contributed by atoms with van der Waals surface area (Å²) in [5.41, 5.74) is -0.795. The van der Waals surface area contributed by atoms with Crippen molar-refractivity contribution in [1.82, 2.24) is 4.98 Å². The molecule has 1 aromatic carbocycles. The Kier molecular flexibility index (Phi) is 3.76. The Morgan fingerprint density at radius 3 is 2.50 bits per heavy atom. The number of hydrogen-bond donors (Lipinski definition) is 1. The lowest BCUT2D eigenvalue weighted by Crippen LogP contribution is -2.14. The molecule has 20 heavy (non-hydrogen) atoms. The lowest BCUT2D eigenvalue weighted by atomic mass is 9.95. The topological polar surface area (TPSA) is 33.1 Å². The summed E-state index contributed by atoms with van der Waals surface area (Å²) in [6.07, 6.45) is -4.26. The summed E-state index contributed by atoms with van der Waals surface area (Å²) in [6.45, 7) is 1.58. The van der Waals surface area contributed by atoms with Crippen LogP contribution in [0.15, 0.2) is 36.7 Å². The number of aryl methyl sites for hydroxylation is 1. The molecule has 0 aliphatic rings. The van der Waals surface area contributed by atoms with E-state index in [-0.39, 0.29) is 5.56 Å². The van der Waals surface area contributed by atoms with E-state index in [0.717, 1.165) is 24.5 Å². The van der Waals surface area contributed by atoms with Crippen LogP contribution in [-0.4, -0.2) is 10.1 Å². The Balaban J connectivity index is 2.54. The van der Waals surface area contributed by atoms with Gasteiger partial charge in [-0.2, -0.15) is 13.2 Å². The van der Waals surface area contributed by atoms with Crippen molar-refractivity contribution in [3.63, 3.8) is 0 Å². The maximum absolute atomic E-state index is 13.2. The first-order valence-electron chi connectivity index (χ1n) is 5.76. The van der Waals surface area contributed by atoms with Gasteiger partial charge in [-0.1, -0.05) is 6.07 Å². The average Bonchev–Trinajstić information content (AvgIpc) is 2.40. The van der Waals surface area contributed by atoms with E-state index < -0.39 is 29.2 Å². The molecule has 0 spiro atoms. The van der Waals surface area contributed by atoms with Gasteiger partial charge in [-0.3, -0.25) is 4.98 Å². The summed E-state index contributed by atoms with van der Waals surface area (Å²) in [6, 6.07) is 4.39. The van der Waals surface area contributed by atoms with E-state index in [1.165, 1.54) is 12.1 Å². The van der Waals surface area contributed by atoms with E-state index >= 15 is 0 Å². The molecule has 1 N–H and O–H groups in total. The van der Waals surface area contributed by atoms with E-state index in [0.29, 0.717) is 5.56 Å². The van der Waals surface area contributed by atoms with Crippen molar-refractivity contribution in [2.24, 2.45) is 0 Å². The molecule has 0 aliphatic carbocycles. The lowest BCUT2D eigenvalue weighted by Gasteiger charge is -2.18. The first-order chi connectivity index (χ1) is 9.30. The Hall–Kier alpha value is -1.95. The highest BCUT2D eigenvalue weighted by atomic mass is 19.4. The quantitative estimate of drug-likeness (QED) is 0.855. The van der Waals surface area contributed by atoms with E-state index in [1.807, 2.05) is 0 Å². The van der Waals surface area contributed by atoms with Crippen LogP contribution < -0.4 is 0 Å². The highest BCUT2D eigenvalue weighted by Gasteiger charge is 2.35. The fourth-order valence-corrected chi connectivity index (χ4v) is 1.96. The summed E-state index contributed by atoms with van der Waals surface area (Å²) < 4.78 is 51.9. The highest BCUT2D eigenvalue weighted by molar-refractivity contribution is 5.39. The highest BCUT2D eigenvalue weighted by Crippen LogP contribution is 2.36. The van der Waals surface area contributed by atoms with Crippen molar-refractivity contribution in [3.8, 4) is 0 Å². The molecule has 1 aromatic heterocycles. The Labute approximate surface area is 112 Å². The molecule has 2 aromatic rings. The molecule has 1 unspecified atom stereocenters. The van der Waals surface area contributed by atoms with Crippen LogP contribution in [-0.2, 0) is 6.18 Å². The average molecular weight is 285 g/mol. The van der Waals surface area contributed by atoms with Gasteiger partial charge >= 0.3 is 6.18 Å². The maximum Gasteiger partial charge on any atom is 0.416 e. The fourth-order valence-electron chi connectivity index (χ4n) is 1.96. The molecule has 0 saturated carbocycles. The van der Waals surface area contributed by atoms with Gasteiger partial charge in [-0.05, 0) is 36.2 Å². The third kappa shape index (κ3) is 2.80. The number of nitrogens with zero attached hydrogens (tertiary/aromatic N) is 1. The van der Waals surface area contributed by atoms with Gasteiger partial charge in [0.2, 0.25) is 0 Å². The monoisotopic (exact) mass is 285 g/mol. The van der Waals surface area contributed by atoms with Crippen LogP contribution in [0.4, 0.5) is 17.6 Å². The number of hydrogen-bond acceptors (Lipinski definition) is 2. The second-order valence-corrected chi connectivity index (χ2v) is 4.36. The van der Waals surface area contributed by atoms with Crippen LogP contribution in [0, 0.1) is 12.7 Å². The molecule has 2 rings (SSSR count). The minimum Gasteiger partial charge on any atom is -0.384 e. The molecule has 0 amide bonds. The van der Waals surface area contributed by atoms with Gasteiger partial charge in [-0.25, -0.2) is 4.39 Å². The number of aromatic nitrogens is 1. The Bertz CT molecular complexity index is 625. The molecule has 1 atom stereocenters. The van der Waals surface area contributed by atoms with Crippen LogP contribution in [0.5, 0.6) is 0 Å². The largest absolute Gasteiger partial charge is 0.416 e. The number of benzene rings is 1. The molecule has 0 fully saturated rings. The minimum absolute atomic E-state index is 0.0866. The third-order valence-electron chi connectivity index (χ3n) is 2.99. The van der Waals surface area contributed by atoms with Crippen molar-refractivity contribution < 1.29 is 22.7 Å². The summed E-state index contributed by atoms with van der Waals surface area (Å²) in [5.74, 6) is -0.623. The normalized spacial score (nSPS) is 13.3. The van der Waals surface area contributed by atoms with Crippen LogP contribution in [0.1, 0.15) is 28.4 Å². The van der Waals surface area contributed by atoms with Crippen molar-refractivity contribution in [2.45, 2.75) is 19.2 Å². The second kappa shape index (κ2) is 5.20. The van der Waals surface area contributed by atoms with Crippen molar-refractivity contribution in [2.75, 3.05) is 0 Å². The van der Waals surface area contributed by atoms with Gasteiger partial charge in [-0.15, -0.1) is 0 Å². The summed E-state index contributed by atoms with van der Waals surface area (Å²) in [7, 11) is 0. The number of pyridine rings is 1. The number of aliphatic hydroxyl groups excluding tert-OH is 1. The fraction of sp³-hybridized carbons (Fsp3) is 0.214. The van der Waals surface area contributed by atoms with E-state index in [1.54, 1.807) is 6.92 Å². The number of halogens is 4. The standard InChI is InChI=1S/C14H11F4NO/c1-8-2-3-9(15)6-10(8)13(20)11-7-19-5-4-12(11)14(16,17)18/h2-7,13,20H,1H3. The first kappa shape index (κ1) is 14.5. The van der Waals surface area contributed by atoms with Crippen molar-refractivity contribution >= 4 is 0 Å². The molecular weight excluding hydrogens is 274 g/mol. The number of rotatable bonds is 2. The maximum atomic E-state index is 13.2. The van der Waals surface area contributed by atoms with Gasteiger partial charge in [0, 0.05) is 18.0 Å². The Morgan fingerprint density at radius 2 is 1.85 bits per heavy atom. The molecule has 0 saturated heterocycles. The predicted octanol–water partition coefficient (Wildman–Crippen LogP) is 3.63. The minimum atomic E-state index is -4.61. The zero-order valence-electron chi connectivity index (χ0n) is 10.4. The van der Waals surface area contributed by atoms with Gasteiger partial charge in [0.15, 0.2) is 0 Å². The van der Waals surface area contributed by atoms with Crippen molar-refractivity contribution in [1.29, 1.82) is 0 Å². The predicted molar refractivity (Wildman–Crippen MR) is 64.4 cm³/mol. The van der Waals surface area contributed by atoms with Crippen LogP contribution >= 0.6 is 0 Å². The van der Waals surface area contributed by atoms with Crippen LogP contribution in [0.2, 0.25) is 0 Å². The van der Waals surface area contributed by atoms with E-state index in [9.17, 15) is 22.7 Å². The molecule has 0 bridgehead atoms. The third-order valence-corrected chi connectivity index (χ3v) is 2.99. The molecule has 1 heterocycles. The molecular formula is C14H11F4NO. The van der Waals surface area contributed by atoms with E-state index in [4.69, 9.17) is 0 Å². The molecule has 0 radical (unpaired) electrons. The molecule has 2 nitrogen and oxygen atoms in total. The SMILES string of the molecule is Cc1ccc(F)cc1C(O)c1cnccc1C(F)(F)F. The summed E-state index contributed by atoms with van der Waals surface area (Å²) >= 11 is 0. The lowest BCUT2D eigenvalue weighted by molar-refractivity contribution is -0.139. The van der Waals surface area contributed by atoms with E-state index in [2.05, 4.69) is 4.98 Å². The zero-order valence-corrected chi connectivity index (χ0v) is 10.4. The molecule has 6 heteroatoms. The van der Waals surface area contributed by atoms with Gasteiger partial charge in [0.1, 0.15) is 11.9 Å². The van der Waals surface area contributed by atoms with Crippen LogP contribution in [0.25, 0.3) is 0 Å². The molecule has 0 aliphatic heterocycles. The Morgan fingerprint density at radius 1 is 1.15 bits per heavy atom. The second-order valence-electron chi connectivity index (χ2n) is 4.36. The molecule has 106 valence electrons. The van der Waals surface area contributed by atoms with Gasteiger partial charge in [0.25, 0.3) is 0 Å². The first-order valence-corrected chi connectivity index (χ1v) is 5.76. The van der Waals surface area contributed by atoms with Gasteiger partial charge in [0.05, 0.1) is 5.56 Å². The summed E-state index contributed by atoms with van der Waals surface area (Å²) in [5, 5.41) is 10.1. The van der Waals surface area contributed by atoms with Gasteiger partial charge < -0.3 is 5.11 Å².